The quantitative estimate of drug-likeness (QED) is 0.894. The standard InChI is InChI=1S/C19H26N6O/c1-3-23(4-2)17-8-6-16(7-9-17)22-19(26)25-14-12-24(13-15-25)18-20-10-5-11-21-18/h5-11H,3-4,12-15H2,1-2H3,(H,22,26). The van der Waals surface area contributed by atoms with Gasteiger partial charge in [-0.25, -0.2) is 14.8 Å². The molecule has 1 fully saturated rings. The Labute approximate surface area is 154 Å². The van der Waals surface area contributed by atoms with Gasteiger partial charge in [0.25, 0.3) is 0 Å². The maximum absolute atomic E-state index is 12.5. The van der Waals surface area contributed by atoms with E-state index in [0.717, 1.165) is 37.8 Å². The van der Waals surface area contributed by atoms with Crippen LogP contribution in [-0.4, -0.2) is 60.2 Å². The van der Waals surface area contributed by atoms with Crippen molar-refractivity contribution < 1.29 is 4.79 Å². The molecular formula is C19H26N6O. The molecule has 138 valence electrons. The summed E-state index contributed by atoms with van der Waals surface area (Å²) < 4.78 is 0. The van der Waals surface area contributed by atoms with Crippen LogP contribution in [0.25, 0.3) is 0 Å². The molecule has 0 radical (unpaired) electrons. The SMILES string of the molecule is CCN(CC)c1ccc(NC(=O)N2CCN(c3ncccn3)CC2)cc1. The lowest BCUT2D eigenvalue weighted by Gasteiger charge is -2.34. The first kappa shape index (κ1) is 18.0. The summed E-state index contributed by atoms with van der Waals surface area (Å²) in [4.78, 5) is 27.2. The molecule has 26 heavy (non-hydrogen) atoms. The van der Waals surface area contributed by atoms with Gasteiger partial charge in [0.05, 0.1) is 0 Å². The molecule has 1 aromatic heterocycles. The van der Waals surface area contributed by atoms with Crippen molar-refractivity contribution in [3.63, 3.8) is 0 Å². The summed E-state index contributed by atoms with van der Waals surface area (Å²) in [5.41, 5.74) is 1.99. The number of urea groups is 1. The second kappa shape index (κ2) is 8.51. The Morgan fingerprint density at radius 1 is 1.04 bits per heavy atom. The summed E-state index contributed by atoms with van der Waals surface area (Å²) in [6.45, 7) is 8.99. The minimum absolute atomic E-state index is 0.0609. The molecule has 0 bridgehead atoms. The first-order valence-corrected chi connectivity index (χ1v) is 9.14. The van der Waals surface area contributed by atoms with Crippen LogP contribution in [0.2, 0.25) is 0 Å². The average Bonchev–Trinajstić information content (AvgIpc) is 2.71. The summed E-state index contributed by atoms with van der Waals surface area (Å²) in [6.07, 6.45) is 3.48. The van der Waals surface area contributed by atoms with Crippen molar-refractivity contribution in [1.82, 2.24) is 14.9 Å². The molecule has 2 heterocycles. The van der Waals surface area contributed by atoms with E-state index in [0.29, 0.717) is 13.1 Å². The Kier molecular flexibility index (Phi) is 5.88. The van der Waals surface area contributed by atoms with E-state index >= 15 is 0 Å². The van der Waals surface area contributed by atoms with Gasteiger partial charge >= 0.3 is 6.03 Å². The third-order valence-electron chi connectivity index (χ3n) is 4.65. The normalized spacial score (nSPS) is 14.2. The number of piperazine rings is 1. The van der Waals surface area contributed by atoms with Gasteiger partial charge in [0.2, 0.25) is 5.95 Å². The predicted octanol–water partition coefficient (Wildman–Crippen LogP) is 2.68. The van der Waals surface area contributed by atoms with Gasteiger partial charge in [-0.15, -0.1) is 0 Å². The molecule has 1 N–H and O–H groups in total. The first-order valence-electron chi connectivity index (χ1n) is 9.14. The zero-order valence-corrected chi connectivity index (χ0v) is 15.4. The van der Waals surface area contributed by atoms with Crippen molar-refractivity contribution in [2.24, 2.45) is 0 Å². The second-order valence-corrected chi connectivity index (χ2v) is 6.17. The lowest BCUT2D eigenvalue weighted by atomic mass is 10.2. The van der Waals surface area contributed by atoms with Gasteiger partial charge in [0.1, 0.15) is 0 Å². The van der Waals surface area contributed by atoms with E-state index in [1.165, 1.54) is 5.69 Å². The molecule has 0 aliphatic carbocycles. The van der Waals surface area contributed by atoms with E-state index in [1.807, 2.05) is 29.2 Å². The number of hydrogen-bond acceptors (Lipinski definition) is 5. The number of carbonyl (C=O) groups excluding carboxylic acids is 1. The van der Waals surface area contributed by atoms with Crippen LogP contribution in [0.1, 0.15) is 13.8 Å². The Morgan fingerprint density at radius 3 is 2.23 bits per heavy atom. The summed E-state index contributed by atoms with van der Waals surface area (Å²) in [5, 5.41) is 2.99. The van der Waals surface area contributed by atoms with E-state index in [1.54, 1.807) is 18.5 Å². The van der Waals surface area contributed by atoms with Crippen LogP contribution in [0.5, 0.6) is 0 Å². The summed E-state index contributed by atoms with van der Waals surface area (Å²) in [5.74, 6) is 0.722. The minimum atomic E-state index is -0.0609. The molecule has 2 amide bonds. The van der Waals surface area contributed by atoms with Crippen molar-refractivity contribution in [2.75, 3.05) is 54.4 Å². The zero-order chi connectivity index (χ0) is 18.4. The molecule has 0 unspecified atom stereocenters. The summed E-state index contributed by atoms with van der Waals surface area (Å²) >= 11 is 0. The highest BCUT2D eigenvalue weighted by Gasteiger charge is 2.22. The van der Waals surface area contributed by atoms with Crippen LogP contribution in [0.15, 0.2) is 42.7 Å². The Hall–Kier alpha value is -2.83. The maximum Gasteiger partial charge on any atom is 0.321 e. The second-order valence-electron chi connectivity index (χ2n) is 6.17. The van der Waals surface area contributed by atoms with E-state index in [2.05, 4.69) is 38.9 Å². The molecule has 7 heteroatoms. The molecule has 1 aromatic carbocycles. The highest BCUT2D eigenvalue weighted by atomic mass is 16.2. The van der Waals surface area contributed by atoms with Crippen LogP contribution in [-0.2, 0) is 0 Å². The van der Waals surface area contributed by atoms with Crippen LogP contribution in [0, 0.1) is 0 Å². The molecular weight excluding hydrogens is 328 g/mol. The van der Waals surface area contributed by atoms with Gasteiger partial charge in [-0.2, -0.15) is 0 Å². The van der Waals surface area contributed by atoms with Crippen LogP contribution in [0.3, 0.4) is 0 Å². The van der Waals surface area contributed by atoms with Gasteiger partial charge in [-0.1, -0.05) is 0 Å². The number of nitrogens with zero attached hydrogens (tertiary/aromatic N) is 5. The molecule has 0 saturated carbocycles. The number of hydrogen-bond donors (Lipinski definition) is 1. The Balaban J connectivity index is 1.53. The number of amides is 2. The van der Waals surface area contributed by atoms with Crippen molar-refractivity contribution >= 4 is 23.4 Å². The fourth-order valence-corrected chi connectivity index (χ4v) is 3.11. The van der Waals surface area contributed by atoms with Gasteiger partial charge < -0.3 is 20.0 Å². The monoisotopic (exact) mass is 354 g/mol. The summed E-state index contributed by atoms with van der Waals surface area (Å²) in [7, 11) is 0. The number of aromatic nitrogens is 2. The maximum atomic E-state index is 12.5. The van der Waals surface area contributed by atoms with Gasteiger partial charge in [0.15, 0.2) is 0 Å². The Bertz CT molecular complexity index is 694. The molecule has 0 atom stereocenters. The first-order chi connectivity index (χ1) is 12.7. The lowest BCUT2D eigenvalue weighted by molar-refractivity contribution is 0.208. The zero-order valence-electron chi connectivity index (χ0n) is 15.4. The molecule has 1 aliphatic rings. The molecule has 7 nitrogen and oxygen atoms in total. The van der Waals surface area contributed by atoms with E-state index in [9.17, 15) is 4.79 Å². The fraction of sp³-hybridized carbons (Fsp3) is 0.421. The average molecular weight is 354 g/mol. The molecule has 1 saturated heterocycles. The van der Waals surface area contributed by atoms with Crippen molar-refractivity contribution in [1.29, 1.82) is 0 Å². The van der Waals surface area contributed by atoms with Gasteiger partial charge in [-0.05, 0) is 44.2 Å². The molecule has 2 aromatic rings. The van der Waals surface area contributed by atoms with Crippen molar-refractivity contribution in [3.05, 3.63) is 42.7 Å². The fourth-order valence-electron chi connectivity index (χ4n) is 3.11. The minimum Gasteiger partial charge on any atom is -0.372 e. The Morgan fingerprint density at radius 2 is 1.65 bits per heavy atom. The van der Waals surface area contributed by atoms with Gasteiger partial charge in [-0.3, -0.25) is 0 Å². The molecule has 1 aliphatic heterocycles. The number of rotatable bonds is 5. The van der Waals surface area contributed by atoms with E-state index in [4.69, 9.17) is 0 Å². The third kappa shape index (κ3) is 4.22. The van der Waals surface area contributed by atoms with Crippen molar-refractivity contribution in [3.8, 4) is 0 Å². The number of benzene rings is 1. The highest BCUT2D eigenvalue weighted by Crippen LogP contribution is 2.18. The summed E-state index contributed by atoms with van der Waals surface area (Å²) in [6, 6.07) is 9.76. The number of carbonyl (C=O) groups is 1. The predicted molar refractivity (Wildman–Crippen MR) is 105 cm³/mol. The number of nitrogens with one attached hydrogen (secondary N) is 1. The smallest absolute Gasteiger partial charge is 0.321 e. The van der Waals surface area contributed by atoms with Crippen molar-refractivity contribution in [2.45, 2.75) is 13.8 Å². The van der Waals surface area contributed by atoms with E-state index < -0.39 is 0 Å². The largest absolute Gasteiger partial charge is 0.372 e. The highest BCUT2D eigenvalue weighted by molar-refractivity contribution is 5.89. The van der Waals surface area contributed by atoms with E-state index in [-0.39, 0.29) is 6.03 Å². The lowest BCUT2D eigenvalue weighted by Crippen LogP contribution is -2.50. The topological polar surface area (TPSA) is 64.6 Å². The van der Waals surface area contributed by atoms with Crippen LogP contribution < -0.4 is 15.1 Å². The molecule has 0 spiro atoms. The van der Waals surface area contributed by atoms with Crippen LogP contribution >= 0.6 is 0 Å². The van der Waals surface area contributed by atoms with Gasteiger partial charge in [0, 0.05) is 63.0 Å². The van der Waals surface area contributed by atoms with Crippen LogP contribution in [0.4, 0.5) is 22.1 Å². The number of anilines is 3. The third-order valence-corrected chi connectivity index (χ3v) is 4.65. The molecule has 3 rings (SSSR count).